The first kappa shape index (κ1) is 13.5. The maximum atomic E-state index is 12.0. The fraction of sp³-hybridized carbons (Fsp3) is 0.588. The lowest BCUT2D eigenvalue weighted by Gasteiger charge is -2.22. The Hall–Kier alpha value is -1.51. The topological polar surface area (TPSA) is 38.3 Å². The van der Waals surface area contributed by atoms with Crippen LogP contribution in [0.2, 0.25) is 0 Å². The third-order valence-corrected chi connectivity index (χ3v) is 4.88. The number of aryl methyl sites for hydroxylation is 1. The lowest BCUT2D eigenvalue weighted by atomic mass is 9.95. The minimum atomic E-state index is 0.207. The predicted molar refractivity (Wildman–Crippen MR) is 78.7 cm³/mol. The molecule has 0 aromatic heterocycles. The molecule has 0 unspecified atom stereocenters. The van der Waals surface area contributed by atoms with Crippen molar-refractivity contribution in [3.63, 3.8) is 0 Å². The lowest BCUT2D eigenvalue weighted by molar-refractivity contribution is -0.122. The fourth-order valence-corrected chi connectivity index (χ4v) is 3.75. The highest BCUT2D eigenvalue weighted by atomic mass is 16.5. The second-order valence-electron chi connectivity index (χ2n) is 6.20. The largest absolute Gasteiger partial charge is 0.497 e. The van der Waals surface area contributed by atoms with Crippen molar-refractivity contribution in [1.82, 2.24) is 5.32 Å². The highest BCUT2D eigenvalue weighted by Crippen LogP contribution is 2.44. The Labute approximate surface area is 120 Å². The second-order valence-corrected chi connectivity index (χ2v) is 6.20. The molecule has 0 spiro atoms. The van der Waals surface area contributed by atoms with Gasteiger partial charge in [-0.25, -0.2) is 0 Å². The van der Waals surface area contributed by atoms with E-state index in [1.165, 1.54) is 31.2 Å². The molecule has 0 aliphatic heterocycles. The molecule has 1 amide bonds. The highest BCUT2D eigenvalue weighted by Gasteiger charge is 2.39. The van der Waals surface area contributed by atoms with Gasteiger partial charge in [0.25, 0.3) is 0 Å². The number of benzene rings is 1. The Morgan fingerprint density at radius 2 is 2.05 bits per heavy atom. The minimum absolute atomic E-state index is 0.207. The number of nitrogens with one attached hydrogen (secondary N) is 1. The van der Waals surface area contributed by atoms with Gasteiger partial charge in [-0.3, -0.25) is 4.79 Å². The number of carbonyl (C=O) groups excluding carboxylic acids is 1. The molecular formula is C17H23NO2. The van der Waals surface area contributed by atoms with E-state index in [4.69, 9.17) is 4.74 Å². The smallest absolute Gasteiger partial charge is 0.220 e. The number of amides is 1. The maximum absolute atomic E-state index is 12.0. The van der Waals surface area contributed by atoms with Gasteiger partial charge in [0, 0.05) is 12.5 Å². The summed E-state index contributed by atoms with van der Waals surface area (Å²) in [4.78, 5) is 12.0. The van der Waals surface area contributed by atoms with Gasteiger partial charge < -0.3 is 10.1 Å². The molecule has 2 aliphatic rings. The first-order chi connectivity index (χ1) is 9.74. The van der Waals surface area contributed by atoms with Crippen molar-refractivity contribution in [3.05, 3.63) is 29.8 Å². The molecule has 3 rings (SSSR count). The molecule has 20 heavy (non-hydrogen) atoms. The number of carbonyl (C=O) groups is 1. The summed E-state index contributed by atoms with van der Waals surface area (Å²) in [5.41, 5.74) is 1.19. The Bertz CT molecular complexity index is 468. The standard InChI is InChI=1S/C17H23NO2/c1-20-15-7-3-12(4-8-15)5-9-17(19)18-16-11-13-2-6-14(16)10-13/h3-4,7-8,13-14,16H,2,5-6,9-11H2,1H3,(H,18,19)/t13-,14-,16-/m0/s1. The van der Waals surface area contributed by atoms with Crippen molar-refractivity contribution in [2.75, 3.05) is 7.11 Å². The van der Waals surface area contributed by atoms with Gasteiger partial charge in [-0.05, 0) is 55.2 Å². The van der Waals surface area contributed by atoms with Crippen LogP contribution in [-0.4, -0.2) is 19.1 Å². The van der Waals surface area contributed by atoms with Crippen LogP contribution in [0.25, 0.3) is 0 Å². The first-order valence-electron chi connectivity index (χ1n) is 7.67. The quantitative estimate of drug-likeness (QED) is 0.895. The molecule has 0 radical (unpaired) electrons. The van der Waals surface area contributed by atoms with Gasteiger partial charge >= 0.3 is 0 Å². The molecule has 2 aliphatic carbocycles. The molecule has 2 bridgehead atoms. The van der Waals surface area contributed by atoms with E-state index in [2.05, 4.69) is 5.32 Å². The number of hydrogen-bond acceptors (Lipinski definition) is 2. The van der Waals surface area contributed by atoms with Crippen LogP contribution < -0.4 is 10.1 Å². The summed E-state index contributed by atoms with van der Waals surface area (Å²) in [7, 11) is 1.66. The minimum Gasteiger partial charge on any atom is -0.497 e. The van der Waals surface area contributed by atoms with E-state index >= 15 is 0 Å². The normalized spacial score (nSPS) is 27.6. The van der Waals surface area contributed by atoms with Crippen LogP contribution in [0.4, 0.5) is 0 Å². The average molecular weight is 273 g/mol. The van der Waals surface area contributed by atoms with Crippen LogP contribution >= 0.6 is 0 Å². The zero-order valence-electron chi connectivity index (χ0n) is 12.1. The summed E-state index contributed by atoms with van der Waals surface area (Å²) in [6.45, 7) is 0. The monoisotopic (exact) mass is 273 g/mol. The molecule has 0 heterocycles. The first-order valence-corrected chi connectivity index (χ1v) is 7.67. The molecule has 3 heteroatoms. The van der Waals surface area contributed by atoms with Gasteiger partial charge in [0.1, 0.15) is 5.75 Å². The van der Waals surface area contributed by atoms with Crippen LogP contribution in [0, 0.1) is 11.8 Å². The number of fused-ring (bicyclic) bond motifs is 2. The maximum Gasteiger partial charge on any atom is 0.220 e. The number of ether oxygens (including phenoxy) is 1. The summed E-state index contributed by atoms with van der Waals surface area (Å²) in [6.07, 6.45) is 6.62. The third kappa shape index (κ3) is 2.97. The summed E-state index contributed by atoms with van der Waals surface area (Å²) >= 11 is 0. The highest BCUT2D eigenvalue weighted by molar-refractivity contribution is 5.76. The van der Waals surface area contributed by atoms with Crippen molar-refractivity contribution in [2.45, 2.75) is 44.6 Å². The molecule has 0 saturated heterocycles. The van der Waals surface area contributed by atoms with Gasteiger partial charge in [0.15, 0.2) is 0 Å². The van der Waals surface area contributed by atoms with E-state index in [1.807, 2.05) is 24.3 Å². The van der Waals surface area contributed by atoms with E-state index in [0.717, 1.165) is 24.0 Å². The molecular weight excluding hydrogens is 250 g/mol. The number of methoxy groups -OCH3 is 1. The molecule has 2 fully saturated rings. The van der Waals surface area contributed by atoms with Gasteiger partial charge in [-0.1, -0.05) is 18.6 Å². The van der Waals surface area contributed by atoms with E-state index in [9.17, 15) is 4.79 Å². The van der Waals surface area contributed by atoms with E-state index < -0.39 is 0 Å². The fourth-order valence-electron chi connectivity index (χ4n) is 3.75. The van der Waals surface area contributed by atoms with Crippen LogP contribution in [0.5, 0.6) is 5.75 Å². The number of rotatable bonds is 5. The van der Waals surface area contributed by atoms with Crippen LogP contribution in [-0.2, 0) is 11.2 Å². The van der Waals surface area contributed by atoms with Crippen LogP contribution in [0.1, 0.15) is 37.7 Å². The summed E-state index contributed by atoms with van der Waals surface area (Å²) in [5, 5.41) is 3.24. The summed E-state index contributed by atoms with van der Waals surface area (Å²) in [5.74, 6) is 2.70. The molecule has 3 nitrogen and oxygen atoms in total. The molecule has 108 valence electrons. The van der Waals surface area contributed by atoms with E-state index in [0.29, 0.717) is 12.5 Å². The zero-order chi connectivity index (χ0) is 13.9. The third-order valence-electron chi connectivity index (χ3n) is 4.88. The molecule has 1 aromatic rings. The molecule has 1 aromatic carbocycles. The zero-order valence-corrected chi connectivity index (χ0v) is 12.1. The summed E-state index contributed by atoms with van der Waals surface area (Å²) in [6, 6.07) is 8.41. The lowest BCUT2D eigenvalue weighted by Crippen LogP contribution is -2.38. The Morgan fingerprint density at radius 3 is 2.65 bits per heavy atom. The number of hydrogen-bond donors (Lipinski definition) is 1. The van der Waals surface area contributed by atoms with Gasteiger partial charge in [0.2, 0.25) is 5.91 Å². The predicted octanol–water partition coefficient (Wildman–Crippen LogP) is 2.93. The van der Waals surface area contributed by atoms with Crippen molar-refractivity contribution in [3.8, 4) is 5.75 Å². The van der Waals surface area contributed by atoms with Crippen LogP contribution in [0.3, 0.4) is 0 Å². The molecule has 3 atom stereocenters. The van der Waals surface area contributed by atoms with Gasteiger partial charge in [-0.15, -0.1) is 0 Å². The van der Waals surface area contributed by atoms with Crippen molar-refractivity contribution < 1.29 is 9.53 Å². The van der Waals surface area contributed by atoms with E-state index in [-0.39, 0.29) is 5.91 Å². The van der Waals surface area contributed by atoms with Gasteiger partial charge in [-0.2, -0.15) is 0 Å². The Balaban J connectivity index is 1.44. The second kappa shape index (κ2) is 5.86. The van der Waals surface area contributed by atoms with Crippen molar-refractivity contribution >= 4 is 5.91 Å². The Kier molecular flexibility index (Phi) is 3.95. The molecule has 1 N–H and O–H groups in total. The average Bonchev–Trinajstić information content (AvgIpc) is 3.08. The Morgan fingerprint density at radius 1 is 1.25 bits per heavy atom. The van der Waals surface area contributed by atoms with Crippen molar-refractivity contribution in [1.29, 1.82) is 0 Å². The van der Waals surface area contributed by atoms with E-state index in [1.54, 1.807) is 7.11 Å². The van der Waals surface area contributed by atoms with Crippen LogP contribution in [0.15, 0.2) is 24.3 Å². The van der Waals surface area contributed by atoms with Gasteiger partial charge in [0.05, 0.1) is 7.11 Å². The van der Waals surface area contributed by atoms with Crippen molar-refractivity contribution in [2.24, 2.45) is 11.8 Å². The summed E-state index contributed by atoms with van der Waals surface area (Å²) < 4.78 is 5.13. The molecule has 2 saturated carbocycles. The SMILES string of the molecule is COc1ccc(CCC(=O)N[C@H]2C[C@H]3CC[C@H]2C3)cc1.